The van der Waals surface area contributed by atoms with Crippen LogP contribution in [0.4, 0.5) is 4.79 Å². The lowest BCUT2D eigenvalue weighted by molar-refractivity contribution is -0.137. The molecule has 2 amide bonds. The number of rotatable bonds is 7. The number of carbonyl (C=O) groups excluding carboxylic acids is 2. The lowest BCUT2D eigenvalue weighted by atomic mass is 9.91. The van der Waals surface area contributed by atoms with Gasteiger partial charge in [0, 0.05) is 24.8 Å². The molecule has 42 heavy (non-hydrogen) atoms. The highest BCUT2D eigenvalue weighted by Gasteiger charge is 2.33. The van der Waals surface area contributed by atoms with Gasteiger partial charge in [-0.2, -0.15) is 10.2 Å². The van der Waals surface area contributed by atoms with Crippen molar-refractivity contribution in [3.8, 4) is 34.8 Å². The summed E-state index contributed by atoms with van der Waals surface area (Å²) in [5.74, 6) is 0.469. The summed E-state index contributed by atoms with van der Waals surface area (Å²) in [5, 5.41) is 26.5. The van der Waals surface area contributed by atoms with E-state index >= 15 is 0 Å². The largest absolute Gasteiger partial charge is 0.474 e. The van der Waals surface area contributed by atoms with Gasteiger partial charge in [0.25, 0.3) is 5.89 Å². The number of aliphatic hydroxyl groups is 1. The Bertz CT molecular complexity index is 1520. The zero-order valence-electron chi connectivity index (χ0n) is 24.9. The second kappa shape index (κ2) is 12.2. The lowest BCUT2D eigenvalue weighted by Gasteiger charge is -2.34. The average Bonchev–Trinajstić information content (AvgIpc) is 3.40. The van der Waals surface area contributed by atoms with Crippen molar-refractivity contribution in [3.63, 3.8) is 0 Å². The number of fused-ring (bicyclic) bond motifs is 1. The molecule has 3 aromatic rings. The first-order valence-electron chi connectivity index (χ1n) is 13.8. The van der Waals surface area contributed by atoms with E-state index in [1.807, 2.05) is 32.9 Å². The second-order valence-electron chi connectivity index (χ2n) is 11.5. The van der Waals surface area contributed by atoms with Crippen LogP contribution < -0.4 is 10.1 Å². The molecule has 12 nitrogen and oxygen atoms in total. The molecule has 1 aromatic carbocycles. The number of benzene rings is 1. The van der Waals surface area contributed by atoms with Crippen LogP contribution in [0, 0.1) is 18.3 Å². The first-order valence-corrected chi connectivity index (χ1v) is 13.8. The summed E-state index contributed by atoms with van der Waals surface area (Å²) in [6.45, 7) is 13.0. The van der Waals surface area contributed by atoms with Crippen LogP contribution >= 0.6 is 0 Å². The van der Waals surface area contributed by atoms with E-state index in [0.717, 1.165) is 22.3 Å². The Kier molecular flexibility index (Phi) is 8.82. The molecule has 1 aliphatic rings. The predicted molar refractivity (Wildman–Crippen MR) is 152 cm³/mol. The second-order valence-corrected chi connectivity index (χ2v) is 11.5. The first-order chi connectivity index (χ1) is 19.8. The standard InChI is InChI=1S/C30H36N6O6/c1-16(2)40-26-20(13-31)12-21(14-32-26)27-34-25(35-42-27)23-9-8-19-15-36(11-10-22(19)17(23)3)28(38)24(18(4)37)33-29(39)41-30(5,6)7/h8-9,12,14,16,18,24,37H,10-11,15H2,1-7H3,(H,33,39). The Morgan fingerprint density at radius 1 is 1.24 bits per heavy atom. The average molecular weight is 577 g/mol. The van der Waals surface area contributed by atoms with Crippen LogP contribution in [0.1, 0.15) is 63.8 Å². The quantitative estimate of drug-likeness (QED) is 0.421. The highest BCUT2D eigenvalue weighted by Crippen LogP contribution is 2.32. The number of nitriles is 1. The van der Waals surface area contributed by atoms with Crippen LogP contribution in [0.25, 0.3) is 22.8 Å². The number of nitrogens with one attached hydrogen (secondary N) is 1. The van der Waals surface area contributed by atoms with Crippen molar-refractivity contribution in [3.05, 3.63) is 46.6 Å². The van der Waals surface area contributed by atoms with Gasteiger partial charge in [-0.3, -0.25) is 4.79 Å². The molecule has 0 radical (unpaired) electrons. The summed E-state index contributed by atoms with van der Waals surface area (Å²) in [7, 11) is 0. The summed E-state index contributed by atoms with van der Waals surface area (Å²) in [6, 6.07) is 6.35. The number of ether oxygens (including phenoxy) is 2. The number of carbonyl (C=O) groups is 2. The zero-order valence-corrected chi connectivity index (χ0v) is 24.9. The number of alkyl carbamates (subject to hydrolysis) is 1. The number of hydrogen-bond acceptors (Lipinski definition) is 10. The van der Waals surface area contributed by atoms with Gasteiger partial charge in [0.15, 0.2) is 0 Å². The van der Waals surface area contributed by atoms with Crippen molar-refractivity contribution in [2.45, 2.75) is 85.3 Å². The van der Waals surface area contributed by atoms with Crippen LogP contribution in [-0.2, 0) is 22.5 Å². The van der Waals surface area contributed by atoms with Gasteiger partial charge >= 0.3 is 6.09 Å². The van der Waals surface area contributed by atoms with Gasteiger partial charge < -0.3 is 29.3 Å². The minimum absolute atomic E-state index is 0.129. The molecule has 0 saturated heterocycles. The maximum Gasteiger partial charge on any atom is 0.408 e. The van der Waals surface area contributed by atoms with Crippen molar-refractivity contribution in [1.29, 1.82) is 5.26 Å². The van der Waals surface area contributed by atoms with E-state index in [1.54, 1.807) is 31.7 Å². The van der Waals surface area contributed by atoms with Crippen molar-refractivity contribution >= 4 is 12.0 Å². The molecule has 3 heterocycles. The number of pyridine rings is 1. The SMILES string of the molecule is Cc1c(-c2noc(-c3cnc(OC(C)C)c(C#N)c3)n2)ccc2c1CCN(C(=O)C(NC(=O)OC(C)(C)C)C(C)O)C2. The molecule has 4 rings (SSSR count). The predicted octanol–water partition coefficient (Wildman–Crippen LogP) is 3.92. The van der Waals surface area contributed by atoms with Gasteiger partial charge in [-0.05, 0) is 77.6 Å². The van der Waals surface area contributed by atoms with Gasteiger partial charge in [0.2, 0.25) is 17.6 Å². The summed E-state index contributed by atoms with van der Waals surface area (Å²) in [6.07, 6.45) is 0.0902. The Labute approximate surface area is 244 Å². The summed E-state index contributed by atoms with van der Waals surface area (Å²) in [5.41, 5.74) is 3.79. The molecular weight excluding hydrogens is 540 g/mol. The fourth-order valence-electron chi connectivity index (χ4n) is 4.71. The minimum atomic E-state index is -1.14. The fraction of sp³-hybridized carbons (Fsp3) is 0.467. The number of nitrogens with zero attached hydrogens (tertiary/aromatic N) is 5. The minimum Gasteiger partial charge on any atom is -0.474 e. The van der Waals surface area contributed by atoms with E-state index in [2.05, 4.69) is 26.5 Å². The molecule has 0 saturated carbocycles. The van der Waals surface area contributed by atoms with Crippen LogP contribution in [-0.4, -0.2) is 67.5 Å². The molecule has 2 unspecified atom stereocenters. The monoisotopic (exact) mass is 576 g/mol. The zero-order chi connectivity index (χ0) is 30.8. The molecular formula is C30H36N6O6. The molecule has 2 atom stereocenters. The highest BCUT2D eigenvalue weighted by molar-refractivity contribution is 5.86. The van der Waals surface area contributed by atoms with Crippen LogP contribution in [0.2, 0.25) is 0 Å². The molecule has 1 aliphatic heterocycles. The van der Waals surface area contributed by atoms with Crippen LogP contribution in [0.3, 0.4) is 0 Å². The van der Waals surface area contributed by atoms with Crippen LogP contribution in [0.15, 0.2) is 28.9 Å². The van der Waals surface area contributed by atoms with E-state index < -0.39 is 23.8 Å². The van der Waals surface area contributed by atoms with Crippen molar-refractivity contribution in [2.75, 3.05) is 6.54 Å². The van der Waals surface area contributed by atoms with E-state index in [0.29, 0.717) is 30.9 Å². The number of aromatic nitrogens is 3. The van der Waals surface area contributed by atoms with Gasteiger partial charge in [0.1, 0.15) is 23.3 Å². The number of hydrogen-bond donors (Lipinski definition) is 2. The highest BCUT2D eigenvalue weighted by atomic mass is 16.6. The lowest BCUT2D eigenvalue weighted by Crippen LogP contribution is -2.55. The maximum atomic E-state index is 13.3. The first kappa shape index (κ1) is 30.5. The Hall–Kier alpha value is -4.50. The van der Waals surface area contributed by atoms with Gasteiger partial charge in [-0.15, -0.1) is 0 Å². The van der Waals surface area contributed by atoms with Crippen molar-refractivity contribution in [2.24, 2.45) is 0 Å². The molecule has 0 fully saturated rings. The Morgan fingerprint density at radius 2 is 1.98 bits per heavy atom. The summed E-state index contributed by atoms with van der Waals surface area (Å²) < 4.78 is 16.4. The van der Waals surface area contributed by atoms with Crippen LogP contribution in [0.5, 0.6) is 5.88 Å². The smallest absolute Gasteiger partial charge is 0.408 e. The van der Waals surface area contributed by atoms with Gasteiger partial charge in [-0.25, -0.2) is 9.78 Å². The maximum absolute atomic E-state index is 13.3. The summed E-state index contributed by atoms with van der Waals surface area (Å²) >= 11 is 0. The van der Waals surface area contributed by atoms with E-state index in [9.17, 15) is 20.0 Å². The summed E-state index contributed by atoms with van der Waals surface area (Å²) in [4.78, 5) is 36.0. The Morgan fingerprint density at radius 3 is 2.62 bits per heavy atom. The molecule has 222 valence electrons. The molecule has 12 heteroatoms. The van der Waals surface area contributed by atoms with Gasteiger partial charge in [0.05, 0.1) is 17.8 Å². The normalized spacial score (nSPS) is 14.5. The third-order valence-corrected chi connectivity index (χ3v) is 6.65. The number of aliphatic hydroxyl groups excluding tert-OH is 1. The van der Waals surface area contributed by atoms with E-state index in [-0.39, 0.29) is 29.3 Å². The number of amides is 2. The van der Waals surface area contributed by atoms with E-state index in [4.69, 9.17) is 14.0 Å². The molecule has 0 aliphatic carbocycles. The molecule has 0 spiro atoms. The molecule has 0 bridgehead atoms. The third kappa shape index (κ3) is 6.86. The topological polar surface area (TPSA) is 164 Å². The Balaban J connectivity index is 1.52. The van der Waals surface area contributed by atoms with Crippen molar-refractivity contribution < 1.29 is 28.7 Å². The fourth-order valence-corrected chi connectivity index (χ4v) is 4.71. The van der Waals surface area contributed by atoms with E-state index in [1.165, 1.54) is 13.1 Å². The third-order valence-electron chi connectivity index (χ3n) is 6.65. The van der Waals surface area contributed by atoms with Crippen molar-refractivity contribution in [1.82, 2.24) is 25.3 Å². The van der Waals surface area contributed by atoms with Gasteiger partial charge in [-0.1, -0.05) is 17.3 Å². The molecule has 2 aromatic heterocycles. The molecule has 2 N–H and O–H groups in total.